The number of aromatic nitrogens is 2. The average molecular weight is 360 g/mol. The minimum absolute atomic E-state index is 0.0423. The van der Waals surface area contributed by atoms with Crippen molar-refractivity contribution in [3.63, 3.8) is 0 Å². The third kappa shape index (κ3) is 2.99. The largest absolute Gasteiger partial charge is 0.385 e. The number of carbonyl (C=O) groups is 1. The topological polar surface area (TPSA) is 91.5 Å². The molecule has 2 aliphatic heterocycles. The van der Waals surface area contributed by atoms with Crippen molar-refractivity contribution in [3.05, 3.63) is 41.3 Å². The van der Waals surface area contributed by atoms with Gasteiger partial charge in [-0.25, -0.2) is 9.02 Å². The summed E-state index contributed by atoms with van der Waals surface area (Å²) in [6, 6.07) is 6.48. The fraction of sp³-hybridized carbons (Fsp3) is 0.500. The van der Waals surface area contributed by atoms with Gasteiger partial charge in [0.05, 0.1) is 12.1 Å². The Labute approximate surface area is 150 Å². The highest BCUT2D eigenvalue weighted by Crippen LogP contribution is 2.46. The molecule has 2 saturated heterocycles. The van der Waals surface area contributed by atoms with E-state index in [4.69, 9.17) is 0 Å². The van der Waals surface area contributed by atoms with Crippen LogP contribution >= 0.6 is 0 Å². The van der Waals surface area contributed by atoms with Gasteiger partial charge in [0.1, 0.15) is 11.5 Å². The number of anilines is 1. The van der Waals surface area contributed by atoms with Crippen LogP contribution in [0.5, 0.6) is 0 Å². The molecular weight excluding hydrogens is 339 g/mol. The first-order chi connectivity index (χ1) is 12.5. The number of rotatable bonds is 4. The van der Waals surface area contributed by atoms with Crippen LogP contribution in [-0.4, -0.2) is 44.9 Å². The maximum absolute atomic E-state index is 14.2. The Morgan fingerprint density at radius 1 is 1.35 bits per heavy atom. The lowest BCUT2D eigenvalue weighted by molar-refractivity contribution is -0.121. The molecule has 3 heterocycles. The van der Waals surface area contributed by atoms with Crippen LogP contribution in [0.4, 0.5) is 10.2 Å². The van der Waals surface area contributed by atoms with E-state index in [1.54, 1.807) is 25.1 Å². The molecule has 0 unspecified atom stereocenters. The molecule has 0 saturated carbocycles. The van der Waals surface area contributed by atoms with Crippen molar-refractivity contribution in [2.75, 3.05) is 11.9 Å². The summed E-state index contributed by atoms with van der Waals surface area (Å²) < 4.78 is 18.8. The minimum Gasteiger partial charge on any atom is -0.385 e. The molecule has 2 aromatic rings. The molecule has 4 rings (SSSR count). The zero-order valence-electron chi connectivity index (χ0n) is 14.5. The van der Waals surface area contributed by atoms with E-state index in [2.05, 4.69) is 25.2 Å². The van der Waals surface area contributed by atoms with Crippen LogP contribution in [-0.2, 0) is 10.4 Å². The van der Waals surface area contributed by atoms with E-state index in [9.17, 15) is 14.3 Å². The lowest BCUT2D eigenvalue weighted by Crippen LogP contribution is -2.52. The fourth-order valence-corrected chi connectivity index (χ4v) is 4.32. The summed E-state index contributed by atoms with van der Waals surface area (Å²) in [4.78, 5) is 14.5. The van der Waals surface area contributed by atoms with Crippen LogP contribution in [0.15, 0.2) is 28.9 Å². The second kappa shape index (κ2) is 6.44. The van der Waals surface area contributed by atoms with E-state index in [0.717, 1.165) is 12.8 Å². The average Bonchev–Trinajstić information content (AvgIpc) is 3.09. The number of aliphatic hydroxyl groups is 1. The Kier molecular flexibility index (Phi) is 4.24. The predicted octanol–water partition coefficient (Wildman–Crippen LogP) is 1.97. The molecule has 1 aromatic carbocycles. The number of halogens is 1. The zero-order chi connectivity index (χ0) is 18.3. The van der Waals surface area contributed by atoms with Gasteiger partial charge in [-0.3, -0.25) is 9.69 Å². The molecule has 1 aromatic heterocycles. The van der Waals surface area contributed by atoms with Gasteiger partial charge in [-0.15, -0.1) is 0 Å². The van der Waals surface area contributed by atoms with Gasteiger partial charge in [-0.05, 0) is 43.8 Å². The minimum atomic E-state index is -1.18. The van der Waals surface area contributed by atoms with Gasteiger partial charge < -0.3 is 10.4 Å². The highest BCUT2D eigenvalue weighted by Gasteiger charge is 2.49. The third-order valence-electron chi connectivity index (χ3n) is 5.53. The highest BCUT2D eigenvalue weighted by molar-refractivity contribution is 5.91. The third-order valence-corrected chi connectivity index (χ3v) is 5.53. The van der Waals surface area contributed by atoms with Gasteiger partial charge in [0, 0.05) is 17.6 Å². The summed E-state index contributed by atoms with van der Waals surface area (Å²) in [5.74, 6) is -0.256. The number of piperidine rings is 1. The number of hydrogen-bond donors (Lipinski definition) is 2. The first-order valence-electron chi connectivity index (χ1n) is 8.78. The molecule has 26 heavy (non-hydrogen) atoms. The lowest BCUT2D eigenvalue weighted by atomic mass is 9.80. The molecule has 2 fully saturated rings. The van der Waals surface area contributed by atoms with E-state index in [1.165, 1.54) is 6.07 Å². The quantitative estimate of drug-likeness (QED) is 0.866. The molecule has 2 N–H and O–H groups in total. The van der Waals surface area contributed by atoms with E-state index in [-0.39, 0.29) is 30.4 Å². The predicted molar refractivity (Wildman–Crippen MR) is 90.7 cm³/mol. The van der Waals surface area contributed by atoms with Crippen molar-refractivity contribution < 1.29 is 18.9 Å². The van der Waals surface area contributed by atoms with Crippen LogP contribution in [0.25, 0.3) is 0 Å². The smallest absolute Gasteiger partial charge is 0.239 e. The highest BCUT2D eigenvalue weighted by atomic mass is 19.1. The van der Waals surface area contributed by atoms with Gasteiger partial charge >= 0.3 is 0 Å². The van der Waals surface area contributed by atoms with E-state index >= 15 is 0 Å². The standard InChI is InChI=1S/C18H21FN4O3/c1-11-17(22-26-21-11)20-16(24)10-23-12-6-7-13(23)9-18(25,8-12)14-4-2-3-5-15(14)19/h2-5,12-13,25H,6-10H2,1H3,(H,20,22,24)/t12-,13-/m1/s1. The molecule has 0 spiro atoms. The SMILES string of the molecule is Cc1nonc1NC(=O)CN1[C@@H]2CC[C@@H]1CC(O)(c1ccccc1F)C2. The van der Waals surface area contributed by atoms with Crippen LogP contribution < -0.4 is 5.32 Å². The van der Waals surface area contributed by atoms with E-state index < -0.39 is 5.60 Å². The van der Waals surface area contributed by atoms with Gasteiger partial charge in [0.15, 0.2) is 5.82 Å². The number of benzene rings is 1. The van der Waals surface area contributed by atoms with Crippen molar-refractivity contribution in [1.29, 1.82) is 0 Å². The second-order valence-electron chi connectivity index (χ2n) is 7.22. The maximum atomic E-state index is 14.2. The number of aryl methyl sites for hydroxylation is 1. The zero-order valence-corrected chi connectivity index (χ0v) is 14.5. The monoisotopic (exact) mass is 360 g/mol. The summed E-state index contributed by atoms with van der Waals surface area (Å²) in [7, 11) is 0. The van der Waals surface area contributed by atoms with E-state index in [1.807, 2.05) is 0 Å². The Balaban J connectivity index is 1.46. The Morgan fingerprint density at radius 3 is 2.65 bits per heavy atom. The Hall–Kier alpha value is -2.32. The van der Waals surface area contributed by atoms with Gasteiger partial charge in [-0.2, -0.15) is 0 Å². The number of amides is 1. The normalized spacial score (nSPS) is 28.3. The first kappa shape index (κ1) is 17.1. The molecule has 7 nitrogen and oxygen atoms in total. The molecule has 8 heteroatoms. The summed E-state index contributed by atoms with van der Waals surface area (Å²) in [5.41, 5.74) is -0.310. The number of carbonyl (C=O) groups excluding carboxylic acids is 1. The van der Waals surface area contributed by atoms with Crippen molar-refractivity contribution in [3.8, 4) is 0 Å². The Bertz CT molecular complexity index is 810. The molecule has 0 aliphatic carbocycles. The van der Waals surface area contributed by atoms with E-state index in [0.29, 0.717) is 29.9 Å². The van der Waals surface area contributed by atoms with Crippen LogP contribution in [0, 0.1) is 12.7 Å². The molecule has 138 valence electrons. The maximum Gasteiger partial charge on any atom is 0.239 e. The summed E-state index contributed by atoms with van der Waals surface area (Å²) >= 11 is 0. The molecule has 2 bridgehead atoms. The first-order valence-corrected chi connectivity index (χ1v) is 8.78. The van der Waals surface area contributed by atoms with Crippen molar-refractivity contribution in [2.45, 2.75) is 50.3 Å². The number of nitrogens with one attached hydrogen (secondary N) is 1. The molecular formula is C18H21FN4O3. The van der Waals surface area contributed by atoms with Gasteiger partial charge in [0.25, 0.3) is 0 Å². The second-order valence-corrected chi connectivity index (χ2v) is 7.22. The Morgan fingerprint density at radius 2 is 2.04 bits per heavy atom. The van der Waals surface area contributed by atoms with Gasteiger partial charge in [0.2, 0.25) is 5.91 Å². The van der Waals surface area contributed by atoms with Crippen LogP contribution in [0.1, 0.15) is 36.9 Å². The van der Waals surface area contributed by atoms with Crippen molar-refractivity contribution >= 4 is 11.7 Å². The summed E-state index contributed by atoms with van der Waals surface area (Å²) in [6.07, 6.45) is 2.61. The summed E-state index contributed by atoms with van der Waals surface area (Å²) in [5, 5.41) is 21.1. The number of fused-ring (bicyclic) bond motifs is 2. The molecule has 2 atom stereocenters. The lowest BCUT2D eigenvalue weighted by Gasteiger charge is -2.43. The van der Waals surface area contributed by atoms with Gasteiger partial charge in [-0.1, -0.05) is 23.4 Å². The number of hydrogen-bond acceptors (Lipinski definition) is 6. The fourth-order valence-electron chi connectivity index (χ4n) is 4.32. The van der Waals surface area contributed by atoms with Crippen LogP contribution in [0.3, 0.4) is 0 Å². The number of nitrogens with zero attached hydrogens (tertiary/aromatic N) is 3. The molecule has 2 aliphatic rings. The van der Waals surface area contributed by atoms with Crippen LogP contribution in [0.2, 0.25) is 0 Å². The molecule has 0 radical (unpaired) electrons. The van der Waals surface area contributed by atoms with Crippen molar-refractivity contribution in [1.82, 2.24) is 15.2 Å². The molecule has 1 amide bonds. The van der Waals surface area contributed by atoms with Crippen molar-refractivity contribution in [2.24, 2.45) is 0 Å². The summed E-state index contributed by atoms with van der Waals surface area (Å²) in [6.45, 7) is 1.90.